The van der Waals surface area contributed by atoms with Gasteiger partial charge in [-0.1, -0.05) is 0 Å². The SMILES string of the molecule is CCN1CCN(C(=O)NCC(=O)N(c2cccs2)[C@@H]2CNC2=O)C(=O)C1=O. The highest BCUT2D eigenvalue weighted by Gasteiger charge is 2.39. The van der Waals surface area contributed by atoms with Crippen LogP contribution >= 0.6 is 11.3 Å². The first-order valence-corrected chi connectivity index (χ1v) is 9.34. The Morgan fingerprint density at radius 3 is 2.63 bits per heavy atom. The average Bonchev–Trinajstić information content (AvgIpc) is 3.18. The van der Waals surface area contributed by atoms with Crippen molar-refractivity contribution < 1.29 is 24.0 Å². The Balaban J connectivity index is 1.62. The van der Waals surface area contributed by atoms with Crippen molar-refractivity contribution >= 4 is 46.0 Å². The summed E-state index contributed by atoms with van der Waals surface area (Å²) < 4.78 is 0. The summed E-state index contributed by atoms with van der Waals surface area (Å²) in [6, 6.07) is 2.04. The van der Waals surface area contributed by atoms with Gasteiger partial charge in [-0.3, -0.25) is 29.0 Å². The lowest BCUT2D eigenvalue weighted by Crippen LogP contribution is -2.65. The maximum Gasteiger partial charge on any atom is 0.325 e. The maximum atomic E-state index is 12.6. The predicted molar refractivity (Wildman–Crippen MR) is 96.0 cm³/mol. The fourth-order valence-corrected chi connectivity index (χ4v) is 3.64. The predicted octanol–water partition coefficient (Wildman–Crippen LogP) is -1.02. The molecule has 1 aromatic heterocycles. The zero-order valence-electron chi connectivity index (χ0n) is 14.6. The molecular formula is C16H19N5O5S. The van der Waals surface area contributed by atoms with Crippen molar-refractivity contribution in [3.63, 3.8) is 0 Å². The number of hydrogen-bond donors (Lipinski definition) is 2. The van der Waals surface area contributed by atoms with E-state index in [1.54, 1.807) is 24.4 Å². The second kappa shape index (κ2) is 7.74. The number of hydrogen-bond acceptors (Lipinski definition) is 6. The third-order valence-electron chi connectivity index (χ3n) is 4.42. The van der Waals surface area contributed by atoms with E-state index in [2.05, 4.69) is 10.6 Å². The average molecular weight is 393 g/mol. The van der Waals surface area contributed by atoms with Gasteiger partial charge in [0.15, 0.2) is 0 Å². The fourth-order valence-electron chi connectivity index (χ4n) is 2.84. The first-order chi connectivity index (χ1) is 12.9. The van der Waals surface area contributed by atoms with Crippen LogP contribution in [0, 0.1) is 0 Å². The number of nitrogens with one attached hydrogen (secondary N) is 2. The molecule has 0 bridgehead atoms. The van der Waals surface area contributed by atoms with Crippen LogP contribution < -0.4 is 15.5 Å². The van der Waals surface area contributed by atoms with E-state index in [0.29, 0.717) is 18.1 Å². The van der Waals surface area contributed by atoms with E-state index in [1.165, 1.54) is 21.1 Å². The van der Waals surface area contributed by atoms with Crippen LogP contribution in [0.25, 0.3) is 0 Å². The second-order valence-electron chi connectivity index (χ2n) is 5.98. The molecule has 3 heterocycles. The quantitative estimate of drug-likeness (QED) is 0.490. The standard InChI is InChI=1S/C16H19N5O5S/c1-2-19-5-6-20(15(25)14(19)24)16(26)18-9-11(22)21(10-8-17-13(10)23)12-4-3-7-27-12/h3-4,7,10H,2,5-6,8-9H2,1H3,(H,17,23)(H,18,26)/t10-/m1/s1. The van der Waals surface area contributed by atoms with Crippen LogP contribution in [0.15, 0.2) is 17.5 Å². The molecule has 6 amide bonds. The molecule has 11 heteroatoms. The molecule has 2 fully saturated rings. The molecular weight excluding hydrogens is 374 g/mol. The van der Waals surface area contributed by atoms with Crippen molar-refractivity contribution in [2.45, 2.75) is 13.0 Å². The van der Waals surface area contributed by atoms with Crippen molar-refractivity contribution in [2.24, 2.45) is 0 Å². The van der Waals surface area contributed by atoms with Gasteiger partial charge >= 0.3 is 17.8 Å². The molecule has 0 aliphatic carbocycles. The second-order valence-corrected chi connectivity index (χ2v) is 6.90. The number of carbonyl (C=O) groups is 5. The number of nitrogens with zero attached hydrogens (tertiary/aromatic N) is 3. The number of likely N-dealkylation sites (N-methyl/N-ethyl adjacent to an activating group) is 1. The van der Waals surface area contributed by atoms with Gasteiger partial charge in [0.25, 0.3) is 0 Å². The molecule has 144 valence electrons. The summed E-state index contributed by atoms with van der Waals surface area (Å²) in [7, 11) is 0. The van der Waals surface area contributed by atoms with Crippen molar-refractivity contribution in [3.05, 3.63) is 17.5 Å². The lowest BCUT2D eigenvalue weighted by Gasteiger charge is -2.36. The zero-order valence-corrected chi connectivity index (χ0v) is 15.5. The monoisotopic (exact) mass is 393 g/mol. The van der Waals surface area contributed by atoms with Gasteiger partial charge in [-0.2, -0.15) is 0 Å². The number of amides is 6. The van der Waals surface area contributed by atoms with E-state index in [4.69, 9.17) is 0 Å². The normalized spacial score (nSPS) is 19.4. The summed E-state index contributed by atoms with van der Waals surface area (Å²) in [6.45, 7) is 2.40. The minimum Gasteiger partial charge on any atom is -0.352 e. The van der Waals surface area contributed by atoms with Gasteiger partial charge < -0.3 is 15.5 Å². The third kappa shape index (κ3) is 3.63. The third-order valence-corrected chi connectivity index (χ3v) is 5.29. The lowest BCUT2D eigenvalue weighted by atomic mass is 10.1. The zero-order chi connectivity index (χ0) is 19.6. The number of anilines is 1. The summed E-state index contributed by atoms with van der Waals surface area (Å²) in [5, 5.41) is 7.33. The van der Waals surface area contributed by atoms with Crippen LogP contribution in [0.5, 0.6) is 0 Å². The molecule has 1 aromatic rings. The summed E-state index contributed by atoms with van der Waals surface area (Å²) in [6.07, 6.45) is 0. The highest BCUT2D eigenvalue weighted by atomic mass is 32.1. The van der Waals surface area contributed by atoms with Crippen molar-refractivity contribution in [1.29, 1.82) is 0 Å². The molecule has 27 heavy (non-hydrogen) atoms. The number of rotatable bonds is 5. The van der Waals surface area contributed by atoms with Crippen LogP contribution in [-0.2, 0) is 19.2 Å². The number of imide groups is 1. The minimum atomic E-state index is -0.915. The first kappa shape index (κ1) is 18.8. The summed E-state index contributed by atoms with van der Waals surface area (Å²) in [5.74, 6) is -2.39. The minimum absolute atomic E-state index is 0.0676. The van der Waals surface area contributed by atoms with E-state index in [1.807, 2.05) is 0 Å². The Kier molecular flexibility index (Phi) is 5.40. The molecule has 0 saturated carbocycles. The number of urea groups is 1. The lowest BCUT2D eigenvalue weighted by molar-refractivity contribution is -0.153. The van der Waals surface area contributed by atoms with Crippen LogP contribution in [0.3, 0.4) is 0 Å². The number of thiophene rings is 1. The molecule has 3 rings (SSSR count). The van der Waals surface area contributed by atoms with E-state index < -0.39 is 36.3 Å². The Morgan fingerprint density at radius 1 is 1.30 bits per heavy atom. The molecule has 10 nitrogen and oxygen atoms in total. The van der Waals surface area contributed by atoms with E-state index in [0.717, 1.165) is 4.90 Å². The van der Waals surface area contributed by atoms with E-state index in [9.17, 15) is 24.0 Å². The van der Waals surface area contributed by atoms with Crippen LogP contribution in [0.4, 0.5) is 9.80 Å². The summed E-state index contributed by atoms with van der Waals surface area (Å²) in [5.41, 5.74) is 0. The van der Waals surface area contributed by atoms with Gasteiger partial charge in [0.05, 0.1) is 11.5 Å². The Bertz CT molecular complexity index is 780. The van der Waals surface area contributed by atoms with Crippen LogP contribution in [0.1, 0.15) is 6.92 Å². The number of carbonyl (C=O) groups excluding carboxylic acids is 5. The molecule has 0 spiro atoms. The Morgan fingerprint density at radius 2 is 2.07 bits per heavy atom. The smallest absolute Gasteiger partial charge is 0.325 e. The molecule has 2 N–H and O–H groups in total. The molecule has 0 aromatic carbocycles. The topological polar surface area (TPSA) is 119 Å². The molecule has 2 aliphatic heterocycles. The van der Waals surface area contributed by atoms with Gasteiger partial charge in [-0.15, -0.1) is 11.3 Å². The van der Waals surface area contributed by atoms with Gasteiger partial charge in [-0.05, 0) is 24.4 Å². The van der Waals surface area contributed by atoms with Gasteiger partial charge in [0, 0.05) is 26.2 Å². The van der Waals surface area contributed by atoms with Crippen molar-refractivity contribution in [2.75, 3.05) is 37.6 Å². The van der Waals surface area contributed by atoms with Gasteiger partial charge in [-0.25, -0.2) is 4.79 Å². The molecule has 0 radical (unpaired) electrons. The molecule has 2 aliphatic rings. The fraction of sp³-hybridized carbons (Fsp3) is 0.438. The Hall–Kier alpha value is -2.95. The van der Waals surface area contributed by atoms with E-state index in [-0.39, 0.29) is 19.0 Å². The first-order valence-electron chi connectivity index (χ1n) is 8.46. The van der Waals surface area contributed by atoms with Crippen LogP contribution in [-0.4, -0.2) is 78.2 Å². The largest absolute Gasteiger partial charge is 0.352 e. The van der Waals surface area contributed by atoms with E-state index >= 15 is 0 Å². The number of piperazine rings is 1. The van der Waals surface area contributed by atoms with Crippen molar-refractivity contribution in [1.82, 2.24) is 20.4 Å². The van der Waals surface area contributed by atoms with Crippen LogP contribution in [0.2, 0.25) is 0 Å². The Labute approximate surface area is 159 Å². The summed E-state index contributed by atoms with van der Waals surface area (Å²) in [4.78, 5) is 64.0. The molecule has 1 atom stereocenters. The molecule has 2 saturated heterocycles. The molecule has 0 unspecified atom stereocenters. The van der Waals surface area contributed by atoms with Gasteiger partial charge in [0.2, 0.25) is 11.8 Å². The maximum absolute atomic E-state index is 12.6. The number of β-lactam (4-membered cyclic amide) rings is 1. The highest BCUT2D eigenvalue weighted by molar-refractivity contribution is 7.14. The summed E-state index contributed by atoms with van der Waals surface area (Å²) >= 11 is 1.30. The van der Waals surface area contributed by atoms with Crippen molar-refractivity contribution in [3.8, 4) is 0 Å². The highest BCUT2D eigenvalue weighted by Crippen LogP contribution is 2.25. The van der Waals surface area contributed by atoms with Gasteiger partial charge in [0.1, 0.15) is 6.04 Å².